The van der Waals surface area contributed by atoms with Crippen LogP contribution in [0.15, 0.2) is 29.4 Å². The summed E-state index contributed by atoms with van der Waals surface area (Å²) in [5, 5.41) is 13.6. The third-order valence-corrected chi connectivity index (χ3v) is 4.14. The number of guanidine groups is 1. The van der Waals surface area contributed by atoms with Crippen LogP contribution in [0.25, 0.3) is 0 Å². The van der Waals surface area contributed by atoms with Gasteiger partial charge >= 0.3 is 0 Å². The SMILES string of the molecule is CCNC(=NCCCc1cn[nH]c1C)NCCc1ccc(F)cc1C. The Morgan fingerprint density at radius 2 is 2.04 bits per heavy atom. The van der Waals surface area contributed by atoms with E-state index in [2.05, 4.69) is 32.7 Å². The van der Waals surface area contributed by atoms with E-state index in [9.17, 15) is 4.39 Å². The van der Waals surface area contributed by atoms with Gasteiger partial charge < -0.3 is 10.6 Å². The highest BCUT2D eigenvalue weighted by atomic mass is 19.1. The third-order valence-electron chi connectivity index (χ3n) is 4.14. The summed E-state index contributed by atoms with van der Waals surface area (Å²) in [4.78, 5) is 4.61. The monoisotopic (exact) mass is 345 g/mol. The molecule has 0 radical (unpaired) electrons. The summed E-state index contributed by atoms with van der Waals surface area (Å²) >= 11 is 0. The van der Waals surface area contributed by atoms with Gasteiger partial charge in [0.1, 0.15) is 5.82 Å². The average molecular weight is 345 g/mol. The fourth-order valence-electron chi connectivity index (χ4n) is 2.69. The highest BCUT2D eigenvalue weighted by Crippen LogP contribution is 2.10. The number of benzene rings is 1. The highest BCUT2D eigenvalue weighted by Gasteiger charge is 2.03. The smallest absolute Gasteiger partial charge is 0.191 e. The molecule has 25 heavy (non-hydrogen) atoms. The summed E-state index contributed by atoms with van der Waals surface area (Å²) in [6.45, 7) is 8.37. The van der Waals surface area contributed by atoms with Crippen LogP contribution in [0.4, 0.5) is 4.39 Å². The van der Waals surface area contributed by atoms with E-state index in [0.29, 0.717) is 0 Å². The molecule has 1 aromatic heterocycles. The lowest BCUT2D eigenvalue weighted by Gasteiger charge is -2.12. The van der Waals surface area contributed by atoms with Crippen molar-refractivity contribution < 1.29 is 4.39 Å². The molecular formula is C19H28FN5. The van der Waals surface area contributed by atoms with Crippen molar-refractivity contribution in [2.75, 3.05) is 19.6 Å². The van der Waals surface area contributed by atoms with Crippen LogP contribution in [0.2, 0.25) is 0 Å². The first-order valence-electron chi connectivity index (χ1n) is 8.86. The summed E-state index contributed by atoms with van der Waals surface area (Å²) in [6.07, 6.45) is 4.67. The molecule has 0 aliphatic carbocycles. The second kappa shape index (κ2) is 9.81. The second-order valence-corrected chi connectivity index (χ2v) is 6.13. The minimum absolute atomic E-state index is 0.183. The van der Waals surface area contributed by atoms with Gasteiger partial charge in [-0.05, 0) is 68.9 Å². The number of halogens is 1. The van der Waals surface area contributed by atoms with Crippen LogP contribution in [0.3, 0.4) is 0 Å². The van der Waals surface area contributed by atoms with Gasteiger partial charge in [-0.3, -0.25) is 10.1 Å². The van der Waals surface area contributed by atoms with Crippen molar-refractivity contribution in [1.29, 1.82) is 0 Å². The summed E-state index contributed by atoms with van der Waals surface area (Å²) in [5.41, 5.74) is 4.52. The zero-order valence-electron chi connectivity index (χ0n) is 15.3. The lowest BCUT2D eigenvalue weighted by Crippen LogP contribution is -2.38. The molecule has 1 aromatic carbocycles. The molecule has 5 nitrogen and oxygen atoms in total. The van der Waals surface area contributed by atoms with Crippen molar-refractivity contribution in [2.45, 2.75) is 40.0 Å². The van der Waals surface area contributed by atoms with Crippen LogP contribution in [-0.4, -0.2) is 35.8 Å². The van der Waals surface area contributed by atoms with Gasteiger partial charge in [-0.1, -0.05) is 6.07 Å². The number of nitrogens with zero attached hydrogens (tertiary/aromatic N) is 2. The van der Waals surface area contributed by atoms with E-state index < -0.39 is 0 Å². The van der Waals surface area contributed by atoms with E-state index in [1.54, 1.807) is 6.07 Å². The fourth-order valence-corrected chi connectivity index (χ4v) is 2.69. The summed E-state index contributed by atoms with van der Waals surface area (Å²) < 4.78 is 13.1. The minimum atomic E-state index is -0.183. The van der Waals surface area contributed by atoms with Crippen LogP contribution in [-0.2, 0) is 12.8 Å². The molecule has 2 aromatic rings. The largest absolute Gasteiger partial charge is 0.357 e. The molecule has 0 fully saturated rings. The van der Waals surface area contributed by atoms with Gasteiger partial charge in [0.05, 0.1) is 6.20 Å². The zero-order valence-corrected chi connectivity index (χ0v) is 15.3. The summed E-state index contributed by atoms with van der Waals surface area (Å²) in [7, 11) is 0. The number of hydrogen-bond donors (Lipinski definition) is 3. The van der Waals surface area contributed by atoms with E-state index in [4.69, 9.17) is 0 Å². The highest BCUT2D eigenvalue weighted by molar-refractivity contribution is 5.79. The number of aryl methyl sites for hydroxylation is 3. The fraction of sp³-hybridized carbons (Fsp3) is 0.474. The Balaban J connectivity index is 1.78. The van der Waals surface area contributed by atoms with Gasteiger partial charge in [0.15, 0.2) is 5.96 Å². The standard InChI is InChI=1S/C19H28FN5/c1-4-21-19(22-10-5-6-17-13-24-25-15(17)3)23-11-9-16-7-8-18(20)12-14(16)2/h7-8,12-13H,4-6,9-11H2,1-3H3,(H,24,25)(H2,21,22,23). The van der Waals surface area contributed by atoms with Crippen molar-refractivity contribution in [2.24, 2.45) is 4.99 Å². The number of hydrogen-bond acceptors (Lipinski definition) is 2. The second-order valence-electron chi connectivity index (χ2n) is 6.13. The molecule has 0 aliphatic heterocycles. The summed E-state index contributed by atoms with van der Waals surface area (Å²) in [6, 6.07) is 4.94. The van der Waals surface area contributed by atoms with Gasteiger partial charge in [0.2, 0.25) is 0 Å². The van der Waals surface area contributed by atoms with Crippen molar-refractivity contribution >= 4 is 5.96 Å². The number of rotatable bonds is 8. The molecule has 2 rings (SSSR count). The molecule has 6 heteroatoms. The van der Waals surface area contributed by atoms with Crippen LogP contribution < -0.4 is 10.6 Å². The molecule has 136 valence electrons. The molecule has 0 bridgehead atoms. The molecule has 0 amide bonds. The van der Waals surface area contributed by atoms with E-state index >= 15 is 0 Å². The molecule has 0 saturated carbocycles. The van der Waals surface area contributed by atoms with Gasteiger partial charge in [-0.15, -0.1) is 0 Å². The zero-order chi connectivity index (χ0) is 18.1. The van der Waals surface area contributed by atoms with Crippen molar-refractivity contribution in [3.8, 4) is 0 Å². The first-order chi connectivity index (χ1) is 12.1. The van der Waals surface area contributed by atoms with Gasteiger partial charge in [0.25, 0.3) is 0 Å². The Hall–Kier alpha value is -2.37. The molecule has 0 saturated heterocycles. The lowest BCUT2D eigenvalue weighted by atomic mass is 10.1. The molecule has 0 unspecified atom stereocenters. The Morgan fingerprint density at radius 3 is 2.72 bits per heavy atom. The number of aromatic amines is 1. The number of H-pyrrole nitrogens is 1. The maximum Gasteiger partial charge on any atom is 0.191 e. The normalized spacial score (nSPS) is 11.6. The quantitative estimate of drug-likeness (QED) is 0.392. The van der Waals surface area contributed by atoms with Gasteiger partial charge in [-0.25, -0.2) is 4.39 Å². The van der Waals surface area contributed by atoms with Crippen molar-refractivity contribution in [3.63, 3.8) is 0 Å². The Kier molecular flexibility index (Phi) is 7.44. The Morgan fingerprint density at radius 1 is 1.20 bits per heavy atom. The third kappa shape index (κ3) is 6.21. The average Bonchev–Trinajstić information content (AvgIpc) is 2.98. The summed E-state index contributed by atoms with van der Waals surface area (Å²) in [5.74, 6) is 0.642. The lowest BCUT2D eigenvalue weighted by molar-refractivity contribution is 0.625. The first kappa shape index (κ1) is 19.0. The Bertz CT molecular complexity index is 693. The number of nitrogens with one attached hydrogen (secondary N) is 3. The predicted molar refractivity (Wildman–Crippen MR) is 100 cm³/mol. The van der Waals surface area contributed by atoms with E-state index in [1.807, 2.05) is 26.1 Å². The Labute approximate surface area is 149 Å². The number of aromatic nitrogens is 2. The molecular weight excluding hydrogens is 317 g/mol. The predicted octanol–water partition coefficient (Wildman–Crippen LogP) is 2.90. The molecule has 0 aliphatic rings. The van der Waals surface area contributed by atoms with Crippen molar-refractivity contribution in [1.82, 2.24) is 20.8 Å². The molecule has 0 spiro atoms. The van der Waals surface area contributed by atoms with E-state index in [0.717, 1.165) is 61.7 Å². The van der Waals surface area contributed by atoms with Crippen LogP contribution in [0, 0.1) is 19.7 Å². The van der Waals surface area contributed by atoms with Gasteiger partial charge in [0, 0.05) is 25.3 Å². The molecule has 1 heterocycles. The minimum Gasteiger partial charge on any atom is -0.357 e. The topological polar surface area (TPSA) is 65.1 Å². The maximum absolute atomic E-state index is 13.1. The first-order valence-corrected chi connectivity index (χ1v) is 8.86. The maximum atomic E-state index is 13.1. The van der Waals surface area contributed by atoms with E-state index in [-0.39, 0.29) is 5.82 Å². The molecule has 0 atom stereocenters. The van der Waals surface area contributed by atoms with E-state index in [1.165, 1.54) is 11.6 Å². The van der Waals surface area contributed by atoms with Crippen LogP contribution >= 0.6 is 0 Å². The molecule has 3 N–H and O–H groups in total. The van der Waals surface area contributed by atoms with Gasteiger partial charge in [-0.2, -0.15) is 5.10 Å². The number of aliphatic imine (C=N–C) groups is 1. The van der Waals surface area contributed by atoms with Crippen LogP contribution in [0.1, 0.15) is 35.7 Å². The van der Waals surface area contributed by atoms with Crippen molar-refractivity contribution in [3.05, 3.63) is 52.6 Å². The van der Waals surface area contributed by atoms with Crippen LogP contribution in [0.5, 0.6) is 0 Å².